The van der Waals surface area contributed by atoms with Gasteiger partial charge in [-0.05, 0) is 19.4 Å². The smallest absolute Gasteiger partial charge is 0.159 e. The Kier molecular flexibility index (Phi) is 7.51. The summed E-state index contributed by atoms with van der Waals surface area (Å²) >= 11 is 3.19. The summed E-state index contributed by atoms with van der Waals surface area (Å²) in [4.78, 5) is 11.4. The molecule has 0 radical (unpaired) electrons. The molecule has 0 aromatic carbocycles. The van der Waals surface area contributed by atoms with E-state index in [4.69, 9.17) is 4.74 Å². The largest absolute Gasteiger partial charge is 0.381 e. The highest BCUT2D eigenvalue weighted by molar-refractivity contribution is 8.21. The van der Waals surface area contributed by atoms with Crippen molar-refractivity contribution in [3.05, 3.63) is 10.3 Å². The van der Waals surface area contributed by atoms with Crippen molar-refractivity contribution >= 4 is 29.3 Å². The first-order chi connectivity index (χ1) is 6.13. The standard InChI is InChI=1S/C9H16O2S2/c1-7(11-2)5-8(10)6-9(12-3)13-4/h6-7H,5H2,1-4H3. The molecule has 0 rings (SSSR count). The zero-order valence-electron chi connectivity index (χ0n) is 8.49. The summed E-state index contributed by atoms with van der Waals surface area (Å²) in [6.07, 6.45) is 6.09. The van der Waals surface area contributed by atoms with Crippen molar-refractivity contribution in [3.63, 3.8) is 0 Å². The second-order valence-corrected chi connectivity index (χ2v) is 4.54. The van der Waals surface area contributed by atoms with Gasteiger partial charge in [0.05, 0.1) is 6.10 Å². The Hall–Kier alpha value is 0.0700. The minimum absolute atomic E-state index is 0.00807. The molecule has 2 nitrogen and oxygen atoms in total. The molecule has 0 aliphatic rings. The van der Waals surface area contributed by atoms with Gasteiger partial charge in [-0.1, -0.05) is 0 Å². The summed E-state index contributed by atoms with van der Waals surface area (Å²) in [5, 5.41) is 0. The number of carbonyl (C=O) groups is 1. The molecule has 0 bridgehead atoms. The molecule has 1 unspecified atom stereocenters. The monoisotopic (exact) mass is 220 g/mol. The van der Waals surface area contributed by atoms with Crippen LogP contribution < -0.4 is 0 Å². The highest BCUT2D eigenvalue weighted by Crippen LogP contribution is 2.23. The fourth-order valence-electron chi connectivity index (χ4n) is 0.758. The van der Waals surface area contributed by atoms with E-state index >= 15 is 0 Å². The third kappa shape index (κ3) is 6.18. The zero-order valence-corrected chi connectivity index (χ0v) is 10.1. The van der Waals surface area contributed by atoms with Gasteiger partial charge in [0.2, 0.25) is 0 Å². The molecule has 0 spiro atoms. The molecule has 0 saturated carbocycles. The fourth-order valence-corrected chi connectivity index (χ4v) is 1.92. The van der Waals surface area contributed by atoms with E-state index in [0.717, 1.165) is 4.24 Å². The van der Waals surface area contributed by atoms with Crippen molar-refractivity contribution in [2.24, 2.45) is 0 Å². The molecule has 0 aliphatic heterocycles. The topological polar surface area (TPSA) is 26.3 Å². The quantitative estimate of drug-likeness (QED) is 0.643. The second kappa shape index (κ2) is 7.47. The van der Waals surface area contributed by atoms with Crippen LogP contribution in [0.25, 0.3) is 0 Å². The van der Waals surface area contributed by atoms with E-state index in [1.807, 2.05) is 19.4 Å². The Labute approximate surface area is 88.5 Å². The van der Waals surface area contributed by atoms with Gasteiger partial charge in [-0.2, -0.15) is 0 Å². The molecule has 0 aromatic rings. The van der Waals surface area contributed by atoms with Gasteiger partial charge >= 0.3 is 0 Å². The van der Waals surface area contributed by atoms with Gasteiger partial charge in [0.25, 0.3) is 0 Å². The van der Waals surface area contributed by atoms with Crippen LogP contribution in [0.2, 0.25) is 0 Å². The van der Waals surface area contributed by atoms with Gasteiger partial charge < -0.3 is 4.74 Å². The van der Waals surface area contributed by atoms with Gasteiger partial charge in [-0.25, -0.2) is 0 Å². The van der Waals surface area contributed by atoms with E-state index in [1.165, 1.54) is 0 Å². The third-order valence-electron chi connectivity index (χ3n) is 1.57. The molecular weight excluding hydrogens is 204 g/mol. The van der Waals surface area contributed by atoms with Gasteiger partial charge in [-0.3, -0.25) is 4.79 Å². The molecule has 4 heteroatoms. The van der Waals surface area contributed by atoms with Gasteiger partial charge in [-0.15, -0.1) is 23.5 Å². The Morgan fingerprint density at radius 2 is 2.00 bits per heavy atom. The molecule has 0 amide bonds. The van der Waals surface area contributed by atoms with Crippen LogP contribution in [-0.2, 0) is 9.53 Å². The summed E-state index contributed by atoms with van der Waals surface area (Å²) in [5.41, 5.74) is 0. The number of allylic oxidation sites excluding steroid dienone is 1. The van der Waals surface area contributed by atoms with Crippen LogP contribution in [0.5, 0.6) is 0 Å². The first-order valence-electron chi connectivity index (χ1n) is 3.99. The van der Waals surface area contributed by atoms with Crippen LogP contribution in [0.15, 0.2) is 10.3 Å². The maximum atomic E-state index is 11.4. The Balaban J connectivity index is 4.04. The van der Waals surface area contributed by atoms with E-state index in [0.29, 0.717) is 6.42 Å². The average Bonchev–Trinajstić information content (AvgIpc) is 2.13. The lowest BCUT2D eigenvalue weighted by atomic mass is 10.2. The highest BCUT2D eigenvalue weighted by atomic mass is 32.2. The molecule has 0 aliphatic carbocycles. The number of ketones is 1. The van der Waals surface area contributed by atoms with E-state index in [1.54, 1.807) is 36.7 Å². The molecule has 0 heterocycles. The van der Waals surface area contributed by atoms with E-state index in [-0.39, 0.29) is 11.9 Å². The van der Waals surface area contributed by atoms with Crippen LogP contribution in [0.1, 0.15) is 13.3 Å². The summed E-state index contributed by atoms with van der Waals surface area (Å²) < 4.78 is 6.06. The molecule has 0 aromatic heterocycles. The number of rotatable bonds is 6. The molecule has 1 atom stereocenters. The Bertz CT molecular complexity index is 184. The number of carbonyl (C=O) groups excluding carboxylic acids is 1. The molecule has 13 heavy (non-hydrogen) atoms. The minimum atomic E-state index is 0.00807. The van der Waals surface area contributed by atoms with Crippen molar-refractivity contribution in [2.45, 2.75) is 19.4 Å². The van der Waals surface area contributed by atoms with Gasteiger partial charge in [0.1, 0.15) is 0 Å². The lowest BCUT2D eigenvalue weighted by Gasteiger charge is -2.06. The summed E-state index contributed by atoms with van der Waals surface area (Å²) in [6.45, 7) is 1.89. The van der Waals surface area contributed by atoms with Crippen molar-refractivity contribution in [1.29, 1.82) is 0 Å². The predicted octanol–water partition coefficient (Wildman–Crippen LogP) is 2.55. The number of thioether (sulfide) groups is 2. The van der Waals surface area contributed by atoms with Gasteiger partial charge in [0, 0.05) is 23.8 Å². The number of hydrogen-bond acceptors (Lipinski definition) is 4. The Morgan fingerprint density at radius 3 is 2.38 bits per heavy atom. The molecular formula is C9H16O2S2. The third-order valence-corrected chi connectivity index (χ3v) is 3.61. The van der Waals surface area contributed by atoms with Crippen molar-refractivity contribution in [1.82, 2.24) is 0 Å². The molecule has 0 saturated heterocycles. The molecule has 0 fully saturated rings. The van der Waals surface area contributed by atoms with Crippen molar-refractivity contribution in [2.75, 3.05) is 19.6 Å². The van der Waals surface area contributed by atoms with Crippen molar-refractivity contribution < 1.29 is 9.53 Å². The van der Waals surface area contributed by atoms with Gasteiger partial charge in [0.15, 0.2) is 5.78 Å². The van der Waals surface area contributed by atoms with E-state index in [2.05, 4.69) is 0 Å². The summed E-state index contributed by atoms with van der Waals surface area (Å²) in [6, 6.07) is 0. The maximum absolute atomic E-state index is 11.4. The second-order valence-electron chi connectivity index (χ2n) is 2.59. The van der Waals surface area contributed by atoms with Crippen molar-refractivity contribution in [3.8, 4) is 0 Å². The first kappa shape index (κ1) is 13.1. The maximum Gasteiger partial charge on any atom is 0.159 e. The minimum Gasteiger partial charge on any atom is -0.381 e. The molecule has 76 valence electrons. The van der Waals surface area contributed by atoms with Crippen LogP contribution >= 0.6 is 23.5 Å². The normalized spacial score (nSPS) is 12.3. The summed E-state index contributed by atoms with van der Waals surface area (Å²) in [5.74, 6) is 0.132. The molecule has 0 N–H and O–H groups in total. The SMILES string of the molecule is COC(C)CC(=O)C=C(SC)SC. The number of ether oxygens (including phenoxy) is 1. The van der Waals surface area contributed by atoms with Crippen LogP contribution in [-0.4, -0.2) is 31.5 Å². The van der Waals surface area contributed by atoms with Crippen LogP contribution in [0.4, 0.5) is 0 Å². The number of methoxy groups -OCH3 is 1. The predicted molar refractivity (Wildman–Crippen MR) is 61.2 cm³/mol. The lowest BCUT2D eigenvalue weighted by Crippen LogP contribution is -2.10. The highest BCUT2D eigenvalue weighted by Gasteiger charge is 2.06. The first-order valence-corrected chi connectivity index (χ1v) is 6.44. The fraction of sp³-hybridized carbons (Fsp3) is 0.667. The zero-order chi connectivity index (χ0) is 10.3. The lowest BCUT2D eigenvalue weighted by molar-refractivity contribution is -0.116. The van der Waals surface area contributed by atoms with E-state index in [9.17, 15) is 4.79 Å². The van der Waals surface area contributed by atoms with Crippen LogP contribution in [0, 0.1) is 0 Å². The van der Waals surface area contributed by atoms with E-state index < -0.39 is 0 Å². The average molecular weight is 220 g/mol. The number of hydrogen-bond donors (Lipinski definition) is 0. The van der Waals surface area contributed by atoms with Crippen LogP contribution in [0.3, 0.4) is 0 Å². The summed E-state index contributed by atoms with van der Waals surface area (Å²) in [7, 11) is 1.62. The Morgan fingerprint density at radius 1 is 1.46 bits per heavy atom.